The molecule has 0 fully saturated rings. The molecule has 2 heteroatoms. The molecule has 0 bridgehead atoms. The molecule has 0 nitrogen and oxygen atoms in total. The van der Waals surface area contributed by atoms with E-state index < -0.39 is 0 Å². The number of allylic oxidation sites excluding steroid dienone is 1. The SMILES string of the molecule is C=CC(c1ccccc1)c1sc(Sc2ccc(C)cc2)cc1CCCC. The quantitative estimate of drug-likeness (QED) is 0.359. The van der Waals surface area contributed by atoms with Gasteiger partial charge < -0.3 is 0 Å². The zero-order valence-electron chi connectivity index (χ0n) is 15.6. The lowest BCUT2D eigenvalue weighted by molar-refractivity contribution is 0.788. The molecule has 2 aromatic carbocycles. The summed E-state index contributed by atoms with van der Waals surface area (Å²) in [6.45, 7) is 8.53. The summed E-state index contributed by atoms with van der Waals surface area (Å²) < 4.78 is 1.37. The van der Waals surface area contributed by atoms with Crippen molar-refractivity contribution in [3.8, 4) is 0 Å². The molecule has 3 aromatic rings. The fraction of sp³-hybridized carbons (Fsp3) is 0.250. The molecule has 0 aliphatic rings. The predicted octanol–water partition coefficient (Wildman–Crippen LogP) is 7.87. The molecule has 26 heavy (non-hydrogen) atoms. The van der Waals surface area contributed by atoms with Crippen LogP contribution in [0.4, 0.5) is 0 Å². The van der Waals surface area contributed by atoms with Crippen molar-refractivity contribution in [1.29, 1.82) is 0 Å². The lowest BCUT2D eigenvalue weighted by atomic mass is 9.94. The van der Waals surface area contributed by atoms with Gasteiger partial charge >= 0.3 is 0 Å². The van der Waals surface area contributed by atoms with Gasteiger partial charge in [-0.15, -0.1) is 17.9 Å². The predicted molar refractivity (Wildman–Crippen MR) is 117 cm³/mol. The van der Waals surface area contributed by atoms with E-state index in [2.05, 4.69) is 87.2 Å². The molecule has 1 heterocycles. The Morgan fingerprint density at radius 1 is 1.08 bits per heavy atom. The van der Waals surface area contributed by atoms with Crippen LogP contribution in [0.3, 0.4) is 0 Å². The molecule has 0 aliphatic carbocycles. The van der Waals surface area contributed by atoms with Crippen molar-refractivity contribution in [2.24, 2.45) is 0 Å². The van der Waals surface area contributed by atoms with Crippen molar-refractivity contribution in [3.63, 3.8) is 0 Å². The average molecular weight is 379 g/mol. The molecule has 0 amide bonds. The highest BCUT2D eigenvalue weighted by Gasteiger charge is 2.18. The van der Waals surface area contributed by atoms with E-state index in [-0.39, 0.29) is 5.92 Å². The molecule has 0 saturated heterocycles. The van der Waals surface area contributed by atoms with E-state index in [0.29, 0.717) is 0 Å². The number of aryl methyl sites for hydroxylation is 2. The van der Waals surface area contributed by atoms with Crippen LogP contribution in [0, 0.1) is 6.92 Å². The molecule has 1 aromatic heterocycles. The third-order valence-electron chi connectivity index (χ3n) is 4.54. The number of hydrogen-bond acceptors (Lipinski definition) is 2. The first-order chi connectivity index (χ1) is 12.7. The number of unbranched alkanes of at least 4 members (excludes halogenated alkanes) is 1. The number of benzene rings is 2. The molecular formula is C24H26S2. The van der Waals surface area contributed by atoms with E-state index in [0.717, 1.165) is 6.42 Å². The summed E-state index contributed by atoms with van der Waals surface area (Å²) >= 11 is 3.80. The van der Waals surface area contributed by atoms with Gasteiger partial charge in [-0.2, -0.15) is 0 Å². The van der Waals surface area contributed by atoms with Crippen LogP contribution in [0.1, 0.15) is 47.3 Å². The van der Waals surface area contributed by atoms with Gasteiger partial charge in [0, 0.05) is 15.7 Å². The largest absolute Gasteiger partial charge is 0.132 e. The summed E-state index contributed by atoms with van der Waals surface area (Å²) in [5.74, 6) is 0.278. The Morgan fingerprint density at radius 2 is 1.81 bits per heavy atom. The maximum Gasteiger partial charge on any atom is 0.0652 e. The van der Waals surface area contributed by atoms with Gasteiger partial charge in [0.1, 0.15) is 0 Å². The van der Waals surface area contributed by atoms with Crippen molar-refractivity contribution in [3.05, 3.63) is 94.9 Å². The fourth-order valence-electron chi connectivity index (χ4n) is 3.07. The van der Waals surface area contributed by atoms with Crippen LogP contribution >= 0.6 is 23.1 Å². The van der Waals surface area contributed by atoms with E-state index >= 15 is 0 Å². The average Bonchev–Trinajstić information content (AvgIpc) is 3.06. The smallest absolute Gasteiger partial charge is 0.0652 e. The standard InChI is InChI=1S/C24H26S2/c1-4-6-10-20-17-23(25-21-15-13-18(3)14-16-21)26-24(20)22(5-2)19-11-8-7-9-12-19/h5,7-9,11-17,22H,2,4,6,10H2,1,3H3. The zero-order valence-corrected chi connectivity index (χ0v) is 17.2. The van der Waals surface area contributed by atoms with Gasteiger partial charge in [-0.1, -0.05) is 79.2 Å². The minimum Gasteiger partial charge on any atom is -0.132 e. The normalized spacial score (nSPS) is 12.1. The van der Waals surface area contributed by atoms with Gasteiger partial charge in [-0.3, -0.25) is 0 Å². The maximum absolute atomic E-state index is 4.14. The Hall–Kier alpha value is -1.77. The van der Waals surface area contributed by atoms with Crippen molar-refractivity contribution >= 4 is 23.1 Å². The zero-order chi connectivity index (χ0) is 18.4. The van der Waals surface area contributed by atoms with Crippen molar-refractivity contribution in [2.45, 2.75) is 48.1 Å². The van der Waals surface area contributed by atoms with Crippen molar-refractivity contribution < 1.29 is 0 Å². The number of thiophene rings is 1. The summed E-state index contributed by atoms with van der Waals surface area (Å²) in [6, 6.07) is 21.9. The van der Waals surface area contributed by atoms with Crippen LogP contribution in [-0.2, 0) is 6.42 Å². The lowest BCUT2D eigenvalue weighted by Crippen LogP contribution is -1.98. The molecule has 1 unspecified atom stereocenters. The molecule has 3 rings (SSSR count). The fourth-order valence-corrected chi connectivity index (χ4v) is 5.57. The summed E-state index contributed by atoms with van der Waals surface area (Å²) in [4.78, 5) is 2.76. The maximum atomic E-state index is 4.14. The number of rotatable bonds is 8. The second kappa shape index (κ2) is 9.25. The van der Waals surface area contributed by atoms with Crippen LogP contribution in [0.25, 0.3) is 0 Å². The van der Waals surface area contributed by atoms with Crippen LogP contribution < -0.4 is 0 Å². The molecule has 0 spiro atoms. The van der Waals surface area contributed by atoms with Crippen LogP contribution in [-0.4, -0.2) is 0 Å². The van der Waals surface area contributed by atoms with Gasteiger partial charge in [-0.05, 0) is 49.1 Å². The Labute approximate surface area is 166 Å². The molecule has 0 radical (unpaired) electrons. The van der Waals surface area contributed by atoms with E-state index in [9.17, 15) is 0 Å². The summed E-state index contributed by atoms with van der Waals surface area (Å²) in [6.07, 6.45) is 5.70. The van der Waals surface area contributed by atoms with Gasteiger partial charge in [0.2, 0.25) is 0 Å². The molecule has 134 valence electrons. The highest BCUT2D eigenvalue weighted by molar-refractivity contribution is 8.01. The Balaban J connectivity index is 1.93. The topological polar surface area (TPSA) is 0 Å². The van der Waals surface area contributed by atoms with E-state index in [4.69, 9.17) is 0 Å². The van der Waals surface area contributed by atoms with Crippen LogP contribution in [0.2, 0.25) is 0 Å². The van der Waals surface area contributed by atoms with Crippen molar-refractivity contribution in [2.75, 3.05) is 0 Å². The minimum atomic E-state index is 0.278. The number of hydrogen-bond donors (Lipinski definition) is 0. The molecule has 0 aliphatic heterocycles. The molecule has 1 atom stereocenters. The van der Waals surface area contributed by atoms with Gasteiger partial charge in [0.05, 0.1) is 4.21 Å². The van der Waals surface area contributed by atoms with Gasteiger partial charge in [-0.25, -0.2) is 0 Å². The van der Waals surface area contributed by atoms with Gasteiger partial charge in [0.15, 0.2) is 0 Å². The second-order valence-electron chi connectivity index (χ2n) is 6.60. The highest BCUT2D eigenvalue weighted by Crippen LogP contribution is 2.41. The molecular weight excluding hydrogens is 352 g/mol. The minimum absolute atomic E-state index is 0.278. The van der Waals surface area contributed by atoms with Crippen LogP contribution in [0.5, 0.6) is 0 Å². The summed E-state index contributed by atoms with van der Waals surface area (Å²) in [5.41, 5.74) is 4.12. The Morgan fingerprint density at radius 3 is 2.46 bits per heavy atom. The van der Waals surface area contributed by atoms with Gasteiger partial charge in [0.25, 0.3) is 0 Å². The molecule has 0 saturated carbocycles. The van der Waals surface area contributed by atoms with E-state index in [1.165, 1.54) is 43.5 Å². The Bertz CT molecular complexity index is 828. The first-order valence-corrected chi connectivity index (χ1v) is 10.9. The van der Waals surface area contributed by atoms with Crippen molar-refractivity contribution in [1.82, 2.24) is 0 Å². The first-order valence-electron chi connectivity index (χ1n) is 9.26. The second-order valence-corrected chi connectivity index (χ2v) is 9.06. The summed E-state index contributed by atoms with van der Waals surface area (Å²) in [7, 11) is 0. The molecule has 0 N–H and O–H groups in total. The highest BCUT2D eigenvalue weighted by atomic mass is 32.2. The summed E-state index contributed by atoms with van der Waals surface area (Å²) in [5, 5.41) is 0. The Kier molecular flexibility index (Phi) is 6.76. The third kappa shape index (κ3) is 4.69. The first kappa shape index (κ1) is 19.0. The lowest BCUT2D eigenvalue weighted by Gasteiger charge is -2.14. The van der Waals surface area contributed by atoms with E-state index in [1.54, 1.807) is 0 Å². The van der Waals surface area contributed by atoms with Crippen LogP contribution in [0.15, 0.2) is 82.4 Å². The van der Waals surface area contributed by atoms with E-state index in [1.807, 2.05) is 23.1 Å². The third-order valence-corrected chi connectivity index (χ3v) is 6.92. The monoisotopic (exact) mass is 378 g/mol.